The van der Waals surface area contributed by atoms with E-state index >= 15 is 0 Å². The summed E-state index contributed by atoms with van der Waals surface area (Å²) >= 11 is 0. The van der Waals surface area contributed by atoms with Crippen molar-refractivity contribution in [3.63, 3.8) is 0 Å². The normalized spacial score (nSPS) is 13.2. The minimum Gasteiger partial charge on any atom is -0.370 e. The first-order valence-electron chi connectivity index (χ1n) is 12.4. The van der Waals surface area contributed by atoms with Crippen LogP contribution < -0.4 is 21.8 Å². The summed E-state index contributed by atoms with van der Waals surface area (Å²) in [5.41, 5.74) is 10.1. The van der Waals surface area contributed by atoms with Crippen molar-refractivity contribution in [3.05, 3.63) is 102 Å². The van der Waals surface area contributed by atoms with Crippen LogP contribution in [-0.4, -0.2) is 27.6 Å². The van der Waals surface area contributed by atoms with Crippen LogP contribution in [-0.2, 0) is 19.5 Å². The van der Waals surface area contributed by atoms with Crippen LogP contribution in [0.1, 0.15) is 33.4 Å². The van der Waals surface area contributed by atoms with Crippen molar-refractivity contribution in [3.8, 4) is 11.3 Å². The molecule has 9 nitrogen and oxygen atoms in total. The van der Waals surface area contributed by atoms with Gasteiger partial charge in [-0.3, -0.25) is 19.2 Å². The minimum atomic E-state index is -0.523. The molecule has 0 saturated carbocycles. The Bertz CT molecular complexity index is 1520. The lowest BCUT2D eigenvalue weighted by Crippen LogP contribution is -2.44. The van der Waals surface area contributed by atoms with Crippen LogP contribution in [0.5, 0.6) is 0 Å². The minimum absolute atomic E-state index is 0.145. The number of hydrogen-bond donors (Lipinski definition) is 2. The Kier molecular flexibility index (Phi) is 7.33. The fourth-order valence-corrected chi connectivity index (χ4v) is 4.99. The van der Waals surface area contributed by atoms with Gasteiger partial charge in [0.2, 0.25) is 0 Å². The molecule has 0 fully saturated rings. The molecule has 0 saturated heterocycles. The van der Waals surface area contributed by atoms with Crippen molar-refractivity contribution in [1.29, 1.82) is 0 Å². The summed E-state index contributed by atoms with van der Waals surface area (Å²) in [6, 6.07) is 10.6. The van der Waals surface area contributed by atoms with Crippen molar-refractivity contribution >= 4 is 5.69 Å². The Morgan fingerprint density at radius 3 is 2.38 bits per heavy atom. The van der Waals surface area contributed by atoms with E-state index in [9.17, 15) is 14.9 Å². The third-order valence-corrected chi connectivity index (χ3v) is 6.91. The lowest BCUT2D eigenvalue weighted by Gasteiger charge is -2.24. The van der Waals surface area contributed by atoms with Crippen molar-refractivity contribution < 1.29 is 4.92 Å². The lowest BCUT2D eigenvalue weighted by atomic mass is 9.93. The molecule has 194 valence electrons. The molecule has 2 heterocycles. The molecule has 1 aliphatic heterocycles. The van der Waals surface area contributed by atoms with Gasteiger partial charge < -0.3 is 10.6 Å². The number of nitrogens with one attached hydrogen (secondary N) is 2. The van der Waals surface area contributed by atoms with Gasteiger partial charge in [0.05, 0.1) is 16.3 Å². The monoisotopic (exact) mass is 502 g/mol. The van der Waals surface area contributed by atoms with Gasteiger partial charge in [0.15, 0.2) is 5.82 Å². The molecule has 2 N–H and O–H groups in total. The highest BCUT2D eigenvalue weighted by Gasteiger charge is 2.20. The smallest absolute Gasteiger partial charge is 0.330 e. The van der Waals surface area contributed by atoms with Crippen LogP contribution >= 0.6 is 0 Å². The zero-order chi connectivity index (χ0) is 26.9. The van der Waals surface area contributed by atoms with Crippen LogP contribution in [0.25, 0.3) is 11.3 Å². The standard InChI is InChI=1S/C28H34N6O3/c1-17-11-20(4)27(21(5)12-17)31-26-15-24-23-14-19(3)18(2)13-22(23)7-9-32(24)28(35)33(26)10-8-30-25(29-6)16-34(36)37/h11-16,29-30H,7-10H2,1-6H3/b25-16+,31-26?. The first-order chi connectivity index (χ1) is 17.6. The number of benzene rings is 2. The second kappa shape index (κ2) is 10.5. The second-order valence-electron chi connectivity index (χ2n) is 9.68. The van der Waals surface area contributed by atoms with Gasteiger partial charge in [-0.05, 0) is 74.9 Å². The van der Waals surface area contributed by atoms with Gasteiger partial charge in [-0.15, -0.1) is 0 Å². The molecule has 3 aromatic rings. The number of fused-ring (bicyclic) bond motifs is 3. The van der Waals surface area contributed by atoms with Gasteiger partial charge in [0.1, 0.15) is 5.49 Å². The summed E-state index contributed by atoms with van der Waals surface area (Å²) in [7, 11) is 1.61. The number of nitrogens with zero attached hydrogens (tertiary/aromatic N) is 4. The van der Waals surface area contributed by atoms with Crippen LogP contribution in [0.4, 0.5) is 5.69 Å². The number of aryl methyl sites for hydroxylation is 6. The molecular formula is C28H34N6O3. The van der Waals surface area contributed by atoms with E-state index in [4.69, 9.17) is 4.99 Å². The number of hydrogen-bond acceptors (Lipinski definition) is 6. The molecule has 4 rings (SSSR count). The molecule has 0 amide bonds. The Hall–Kier alpha value is -4.14. The van der Waals surface area contributed by atoms with Gasteiger partial charge in [-0.25, -0.2) is 9.79 Å². The third-order valence-electron chi connectivity index (χ3n) is 6.91. The number of aromatic nitrogens is 2. The van der Waals surface area contributed by atoms with E-state index in [-0.39, 0.29) is 11.5 Å². The van der Waals surface area contributed by atoms with E-state index in [2.05, 4.69) is 55.7 Å². The predicted molar refractivity (Wildman–Crippen MR) is 145 cm³/mol. The fourth-order valence-electron chi connectivity index (χ4n) is 4.99. The summed E-state index contributed by atoms with van der Waals surface area (Å²) in [5.74, 6) is 0.271. The van der Waals surface area contributed by atoms with E-state index in [0.717, 1.165) is 46.3 Å². The highest BCUT2D eigenvalue weighted by Crippen LogP contribution is 2.30. The maximum Gasteiger partial charge on any atom is 0.330 e. The maximum absolute atomic E-state index is 13.8. The van der Waals surface area contributed by atoms with Crippen molar-refractivity contribution in [1.82, 2.24) is 19.8 Å². The van der Waals surface area contributed by atoms with Crippen LogP contribution in [0.3, 0.4) is 0 Å². The summed E-state index contributed by atoms with van der Waals surface area (Å²) in [6.45, 7) is 11.5. The molecule has 0 atom stereocenters. The van der Waals surface area contributed by atoms with Crippen molar-refractivity contribution in [2.45, 2.75) is 54.1 Å². The molecule has 0 spiro atoms. The summed E-state index contributed by atoms with van der Waals surface area (Å²) < 4.78 is 3.47. The topological polar surface area (TPSA) is 106 Å². The second-order valence-corrected chi connectivity index (χ2v) is 9.68. The average molecular weight is 503 g/mol. The van der Waals surface area contributed by atoms with Gasteiger partial charge in [0.25, 0.3) is 6.20 Å². The molecule has 0 radical (unpaired) electrons. The Morgan fingerprint density at radius 2 is 1.73 bits per heavy atom. The Labute approximate surface area is 216 Å². The Morgan fingerprint density at radius 1 is 1.05 bits per heavy atom. The van der Waals surface area contributed by atoms with E-state index < -0.39 is 4.92 Å². The zero-order valence-corrected chi connectivity index (χ0v) is 22.3. The van der Waals surface area contributed by atoms with Crippen molar-refractivity contribution in [2.24, 2.45) is 4.99 Å². The molecule has 0 unspecified atom stereocenters. The maximum atomic E-state index is 13.8. The molecular weight excluding hydrogens is 468 g/mol. The van der Waals surface area contributed by atoms with Crippen molar-refractivity contribution in [2.75, 3.05) is 13.6 Å². The van der Waals surface area contributed by atoms with Gasteiger partial charge in [-0.1, -0.05) is 23.8 Å². The molecule has 0 aliphatic carbocycles. The quantitative estimate of drug-likeness (QED) is 0.380. The van der Waals surface area contributed by atoms with E-state index in [1.807, 2.05) is 24.5 Å². The van der Waals surface area contributed by atoms with E-state index in [1.54, 1.807) is 11.6 Å². The summed E-state index contributed by atoms with van der Waals surface area (Å²) in [5, 5.41) is 16.7. The Balaban J connectivity index is 1.89. The fraction of sp³-hybridized carbons (Fsp3) is 0.357. The summed E-state index contributed by atoms with van der Waals surface area (Å²) in [4.78, 5) is 29.2. The SMILES string of the molecule is CN/C(=C\[N+](=O)[O-])NCCn1c(=Nc2c(C)cc(C)cc2C)cc2n(c1=O)CCc1cc(C)c(C)cc1-2. The van der Waals surface area contributed by atoms with Gasteiger partial charge >= 0.3 is 5.69 Å². The van der Waals surface area contributed by atoms with Gasteiger partial charge in [-0.2, -0.15) is 0 Å². The van der Waals surface area contributed by atoms with E-state index in [1.165, 1.54) is 16.7 Å². The largest absolute Gasteiger partial charge is 0.370 e. The summed E-state index contributed by atoms with van der Waals surface area (Å²) in [6.07, 6.45) is 1.65. The molecule has 2 aromatic carbocycles. The lowest BCUT2D eigenvalue weighted by molar-refractivity contribution is -0.404. The molecule has 0 bridgehead atoms. The number of nitro groups is 1. The van der Waals surface area contributed by atoms with Crippen LogP contribution in [0.15, 0.2) is 52.1 Å². The number of rotatable bonds is 7. The molecule has 9 heteroatoms. The highest BCUT2D eigenvalue weighted by molar-refractivity contribution is 5.67. The zero-order valence-electron chi connectivity index (χ0n) is 22.3. The highest BCUT2D eigenvalue weighted by atomic mass is 16.6. The first-order valence-corrected chi connectivity index (χ1v) is 12.4. The molecule has 1 aliphatic rings. The molecule has 1 aromatic heterocycles. The van der Waals surface area contributed by atoms with Crippen LogP contribution in [0, 0.1) is 44.7 Å². The molecule has 37 heavy (non-hydrogen) atoms. The van der Waals surface area contributed by atoms with Crippen LogP contribution in [0.2, 0.25) is 0 Å². The average Bonchev–Trinajstić information content (AvgIpc) is 2.82. The van der Waals surface area contributed by atoms with E-state index in [0.29, 0.717) is 25.1 Å². The van der Waals surface area contributed by atoms with Gasteiger partial charge in [0, 0.05) is 38.3 Å². The first kappa shape index (κ1) is 25.9. The predicted octanol–water partition coefficient (Wildman–Crippen LogP) is 3.53. The third kappa shape index (κ3) is 5.35.